The van der Waals surface area contributed by atoms with E-state index in [1.807, 2.05) is 49.4 Å². The number of para-hydroxylation sites is 1. The Labute approximate surface area is 73.1 Å². The Bertz CT molecular complexity index is 186. The van der Waals surface area contributed by atoms with Crippen molar-refractivity contribution in [3.63, 3.8) is 0 Å². The van der Waals surface area contributed by atoms with Gasteiger partial charge in [-0.05, 0) is 12.1 Å². The van der Waals surface area contributed by atoms with Crippen molar-refractivity contribution in [2.45, 2.75) is 0 Å². The minimum Gasteiger partial charge on any atom is -0.319 e. The van der Waals surface area contributed by atoms with Crippen LogP contribution in [0.25, 0.3) is 0 Å². The maximum Gasteiger partial charge on any atom is 0.0489 e. The zero-order chi connectivity index (χ0) is 9.40. The van der Waals surface area contributed by atoms with Crippen LogP contribution in [-0.2, 0) is 0 Å². The summed E-state index contributed by atoms with van der Waals surface area (Å²) in [5.74, 6) is 8.00. The fourth-order valence-electron chi connectivity index (χ4n) is 0.771. The second kappa shape index (κ2) is 6.60. The Balaban J connectivity index is 0.000000561. The molecule has 1 rings (SSSR count). The molecule has 0 spiro atoms. The largest absolute Gasteiger partial charge is 0.319 e. The van der Waals surface area contributed by atoms with Gasteiger partial charge in [0.05, 0.1) is 0 Å². The first-order chi connectivity index (χ1) is 5.79. The molecular formula is C8H16N4. The molecule has 0 unspecified atom stereocenters. The lowest BCUT2D eigenvalue weighted by molar-refractivity contribution is 0.495. The van der Waals surface area contributed by atoms with E-state index in [9.17, 15) is 0 Å². The Morgan fingerprint density at radius 2 is 1.58 bits per heavy atom. The molecule has 0 aromatic heterocycles. The molecule has 0 radical (unpaired) electrons. The zero-order valence-electron chi connectivity index (χ0n) is 7.49. The topological polar surface area (TPSA) is 67.3 Å². The quantitative estimate of drug-likeness (QED) is 0.441. The number of nitrogens with one attached hydrogen (secondary N) is 1. The molecular weight excluding hydrogens is 152 g/mol. The lowest BCUT2D eigenvalue weighted by Gasteiger charge is -2.12. The summed E-state index contributed by atoms with van der Waals surface area (Å²) in [6, 6.07) is 10.1. The summed E-state index contributed by atoms with van der Waals surface area (Å²) < 4.78 is 0. The van der Waals surface area contributed by atoms with E-state index in [2.05, 4.69) is 17.1 Å². The van der Waals surface area contributed by atoms with Gasteiger partial charge in [0.2, 0.25) is 0 Å². The maximum absolute atomic E-state index is 4.00. The van der Waals surface area contributed by atoms with E-state index in [0.717, 1.165) is 5.69 Å². The van der Waals surface area contributed by atoms with Gasteiger partial charge in [-0.25, -0.2) is 5.01 Å². The number of rotatable bonds is 2. The highest BCUT2D eigenvalue weighted by molar-refractivity contribution is 5.41. The number of hydrogen-bond donors (Lipinski definition) is 3. The number of hydrazine groups is 2. The highest BCUT2D eigenvalue weighted by Crippen LogP contribution is 2.03. The second-order valence-electron chi connectivity index (χ2n) is 2.37. The minimum atomic E-state index is 1.12. The van der Waals surface area contributed by atoms with E-state index >= 15 is 0 Å². The lowest BCUT2D eigenvalue weighted by Crippen LogP contribution is -2.19. The first-order valence-corrected chi connectivity index (χ1v) is 3.61. The van der Waals surface area contributed by atoms with Gasteiger partial charge in [-0.3, -0.25) is 11.7 Å². The van der Waals surface area contributed by atoms with Crippen molar-refractivity contribution >= 4 is 5.69 Å². The molecule has 0 fully saturated rings. The van der Waals surface area contributed by atoms with Gasteiger partial charge in [-0.1, -0.05) is 18.2 Å². The number of nitrogens with zero attached hydrogens (tertiary/aromatic N) is 1. The summed E-state index contributed by atoms with van der Waals surface area (Å²) in [5, 5.41) is 1.91. The van der Waals surface area contributed by atoms with Crippen LogP contribution in [0.3, 0.4) is 0 Å². The monoisotopic (exact) mass is 168 g/mol. The van der Waals surface area contributed by atoms with Gasteiger partial charge in [0, 0.05) is 19.8 Å². The fourth-order valence-corrected chi connectivity index (χ4v) is 0.771. The summed E-state index contributed by atoms with van der Waals surface area (Å²) in [6.45, 7) is 0. The van der Waals surface area contributed by atoms with Crippen LogP contribution < -0.4 is 17.1 Å². The van der Waals surface area contributed by atoms with Crippen LogP contribution in [0.1, 0.15) is 0 Å². The maximum atomic E-state index is 4.00. The molecule has 1 aromatic rings. The highest BCUT2D eigenvalue weighted by atomic mass is 15.5. The van der Waals surface area contributed by atoms with E-state index in [1.54, 1.807) is 0 Å². The highest BCUT2D eigenvalue weighted by Gasteiger charge is 1.87. The van der Waals surface area contributed by atoms with E-state index in [-0.39, 0.29) is 0 Å². The molecule has 4 nitrogen and oxygen atoms in total. The molecule has 0 atom stereocenters. The first-order valence-electron chi connectivity index (χ1n) is 3.61. The average Bonchev–Trinajstić information content (AvgIpc) is 2.08. The molecule has 0 aliphatic carbocycles. The molecule has 68 valence electrons. The Hall–Kier alpha value is -1.10. The van der Waals surface area contributed by atoms with Gasteiger partial charge in [-0.2, -0.15) is 0 Å². The Kier molecular flexibility index (Phi) is 6.00. The van der Waals surface area contributed by atoms with E-state index < -0.39 is 0 Å². The molecule has 0 saturated heterocycles. The van der Waals surface area contributed by atoms with Crippen LogP contribution in [0.2, 0.25) is 0 Å². The normalized spacial score (nSPS) is 8.75. The summed E-state index contributed by atoms with van der Waals surface area (Å²) in [4.78, 5) is 0. The van der Waals surface area contributed by atoms with Crippen molar-refractivity contribution < 1.29 is 0 Å². The second-order valence-corrected chi connectivity index (χ2v) is 2.37. The molecule has 0 bridgehead atoms. The predicted octanol–water partition coefficient (Wildman–Crippen LogP) is 0.394. The first kappa shape index (κ1) is 10.9. The molecule has 12 heavy (non-hydrogen) atoms. The zero-order valence-corrected chi connectivity index (χ0v) is 7.49. The summed E-state index contributed by atoms with van der Waals surface area (Å²) >= 11 is 0. The van der Waals surface area contributed by atoms with E-state index in [0.29, 0.717) is 0 Å². The molecule has 0 aliphatic rings. The van der Waals surface area contributed by atoms with Crippen LogP contribution in [0.4, 0.5) is 5.69 Å². The molecule has 5 N–H and O–H groups in total. The van der Waals surface area contributed by atoms with Crippen LogP contribution in [-0.4, -0.2) is 19.1 Å². The SMILES string of the molecule is CN(C)Nc1ccccc1.NN. The number of benzene rings is 1. The van der Waals surface area contributed by atoms with Crippen molar-refractivity contribution in [3.8, 4) is 0 Å². The number of anilines is 1. The molecule has 0 amide bonds. The standard InChI is InChI=1S/C8H12N2.H4N2/c1-10(2)9-8-6-4-3-5-7-8;1-2/h3-7,9H,1-2H3;1-2H2. The summed E-state index contributed by atoms with van der Waals surface area (Å²) in [5.41, 5.74) is 4.26. The smallest absolute Gasteiger partial charge is 0.0489 e. The molecule has 4 heteroatoms. The van der Waals surface area contributed by atoms with Crippen molar-refractivity contribution in [3.05, 3.63) is 30.3 Å². The van der Waals surface area contributed by atoms with Crippen molar-refractivity contribution in [2.24, 2.45) is 11.7 Å². The third-order valence-corrected chi connectivity index (χ3v) is 1.13. The number of hydrogen-bond acceptors (Lipinski definition) is 4. The molecule has 1 aromatic carbocycles. The Morgan fingerprint density at radius 1 is 1.08 bits per heavy atom. The van der Waals surface area contributed by atoms with E-state index in [1.165, 1.54) is 0 Å². The van der Waals surface area contributed by atoms with Crippen molar-refractivity contribution in [1.29, 1.82) is 0 Å². The fraction of sp³-hybridized carbons (Fsp3) is 0.250. The van der Waals surface area contributed by atoms with Crippen LogP contribution in [0.5, 0.6) is 0 Å². The van der Waals surface area contributed by atoms with Gasteiger partial charge in [-0.15, -0.1) is 0 Å². The summed E-state index contributed by atoms with van der Waals surface area (Å²) in [7, 11) is 3.93. The third-order valence-electron chi connectivity index (χ3n) is 1.13. The predicted molar refractivity (Wildman–Crippen MR) is 52.1 cm³/mol. The van der Waals surface area contributed by atoms with Crippen LogP contribution in [0.15, 0.2) is 30.3 Å². The molecule has 0 saturated carbocycles. The van der Waals surface area contributed by atoms with Gasteiger partial charge in [0.25, 0.3) is 0 Å². The minimum absolute atomic E-state index is 1.12. The van der Waals surface area contributed by atoms with Gasteiger partial charge >= 0.3 is 0 Å². The molecule has 0 heterocycles. The van der Waals surface area contributed by atoms with Gasteiger partial charge < -0.3 is 5.43 Å². The van der Waals surface area contributed by atoms with Gasteiger partial charge in [0.1, 0.15) is 0 Å². The third kappa shape index (κ3) is 4.68. The van der Waals surface area contributed by atoms with Crippen LogP contribution >= 0.6 is 0 Å². The van der Waals surface area contributed by atoms with Crippen molar-refractivity contribution in [2.75, 3.05) is 19.5 Å². The Morgan fingerprint density at radius 3 is 2.00 bits per heavy atom. The number of nitrogens with two attached hydrogens (primary N) is 2. The lowest BCUT2D eigenvalue weighted by atomic mass is 10.3. The van der Waals surface area contributed by atoms with Crippen molar-refractivity contribution in [1.82, 2.24) is 5.01 Å². The van der Waals surface area contributed by atoms with Gasteiger partial charge in [0.15, 0.2) is 0 Å². The average molecular weight is 168 g/mol. The summed E-state index contributed by atoms with van der Waals surface area (Å²) in [6.07, 6.45) is 0. The molecule has 0 aliphatic heterocycles. The van der Waals surface area contributed by atoms with E-state index in [4.69, 9.17) is 0 Å². The van der Waals surface area contributed by atoms with Crippen LogP contribution in [0, 0.1) is 0 Å².